The molecule has 0 bridgehead atoms. The maximum Gasteiger partial charge on any atom is 0.244 e. The van der Waals surface area contributed by atoms with Crippen LogP contribution in [0.3, 0.4) is 0 Å². The van der Waals surface area contributed by atoms with Crippen molar-refractivity contribution in [2.75, 3.05) is 12.3 Å². The van der Waals surface area contributed by atoms with E-state index in [0.717, 1.165) is 16.9 Å². The van der Waals surface area contributed by atoms with E-state index in [9.17, 15) is 8.42 Å². The third kappa shape index (κ3) is 3.04. The number of hydrogen-bond acceptors (Lipinski definition) is 3. The lowest BCUT2D eigenvalue weighted by Gasteiger charge is -2.23. The Kier molecular flexibility index (Phi) is 4.50. The van der Waals surface area contributed by atoms with Crippen molar-refractivity contribution in [1.29, 1.82) is 0 Å². The zero-order valence-electron chi connectivity index (χ0n) is 12.1. The van der Waals surface area contributed by atoms with Crippen LogP contribution < -0.4 is 0 Å². The van der Waals surface area contributed by atoms with E-state index in [2.05, 4.69) is 0 Å². The van der Waals surface area contributed by atoms with Crippen molar-refractivity contribution in [3.63, 3.8) is 0 Å². The fourth-order valence-electron chi connectivity index (χ4n) is 2.47. The predicted molar refractivity (Wildman–Crippen MR) is 91.7 cm³/mol. The van der Waals surface area contributed by atoms with Gasteiger partial charge in [-0.05, 0) is 36.8 Å². The fourth-order valence-corrected chi connectivity index (χ4v) is 5.90. The standard InChI is InChI=1S/C16H16ClNO2S2/c1-12-5-7-15(8-6-12)22(19,20)18-9-10-21-16(18)13-3-2-4-14(17)11-13/h2-8,11,16H,9-10H2,1H3/t16-/m0/s1. The summed E-state index contributed by atoms with van der Waals surface area (Å²) in [6.45, 7) is 2.45. The summed E-state index contributed by atoms with van der Waals surface area (Å²) < 4.78 is 27.4. The summed E-state index contributed by atoms with van der Waals surface area (Å²) in [5.74, 6) is 0.780. The lowest BCUT2D eigenvalue weighted by Crippen LogP contribution is -2.30. The van der Waals surface area contributed by atoms with E-state index >= 15 is 0 Å². The van der Waals surface area contributed by atoms with Gasteiger partial charge < -0.3 is 0 Å². The highest BCUT2D eigenvalue weighted by atomic mass is 35.5. The summed E-state index contributed by atoms with van der Waals surface area (Å²) in [4.78, 5) is 0.340. The van der Waals surface area contributed by atoms with E-state index in [1.54, 1.807) is 34.3 Å². The SMILES string of the molecule is Cc1ccc(S(=O)(=O)N2CCS[C@H]2c2cccc(Cl)c2)cc1. The Morgan fingerprint density at radius 3 is 2.59 bits per heavy atom. The first-order valence-corrected chi connectivity index (χ1v) is 9.81. The van der Waals surface area contributed by atoms with Gasteiger partial charge in [0, 0.05) is 17.3 Å². The molecule has 1 aliphatic heterocycles. The largest absolute Gasteiger partial charge is 0.244 e. The van der Waals surface area contributed by atoms with Gasteiger partial charge >= 0.3 is 0 Å². The van der Waals surface area contributed by atoms with E-state index in [-0.39, 0.29) is 5.37 Å². The Morgan fingerprint density at radius 2 is 1.91 bits per heavy atom. The second-order valence-electron chi connectivity index (χ2n) is 5.21. The molecule has 0 unspecified atom stereocenters. The molecule has 2 aromatic carbocycles. The smallest absolute Gasteiger partial charge is 0.207 e. The number of sulfonamides is 1. The Morgan fingerprint density at radius 1 is 1.18 bits per heavy atom. The van der Waals surface area contributed by atoms with Crippen LogP contribution >= 0.6 is 23.4 Å². The van der Waals surface area contributed by atoms with Crippen molar-refractivity contribution >= 4 is 33.4 Å². The minimum atomic E-state index is -3.50. The second-order valence-corrected chi connectivity index (χ2v) is 8.72. The molecule has 0 amide bonds. The number of hydrogen-bond donors (Lipinski definition) is 0. The van der Waals surface area contributed by atoms with Gasteiger partial charge in [0.2, 0.25) is 10.0 Å². The van der Waals surface area contributed by atoms with Crippen LogP contribution in [0.2, 0.25) is 5.02 Å². The summed E-state index contributed by atoms with van der Waals surface area (Å²) in [6, 6.07) is 14.4. The van der Waals surface area contributed by atoms with Gasteiger partial charge in [-0.3, -0.25) is 0 Å². The minimum absolute atomic E-state index is 0.218. The zero-order chi connectivity index (χ0) is 15.7. The summed E-state index contributed by atoms with van der Waals surface area (Å²) >= 11 is 7.67. The molecule has 1 aliphatic rings. The van der Waals surface area contributed by atoms with E-state index in [4.69, 9.17) is 11.6 Å². The lowest BCUT2D eigenvalue weighted by molar-refractivity contribution is 0.434. The van der Waals surface area contributed by atoms with Crippen molar-refractivity contribution in [3.05, 3.63) is 64.7 Å². The average Bonchev–Trinajstić information content (AvgIpc) is 2.98. The molecule has 2 aromatic rings. The molecule has 116 valence electrons. The van der Waals surface area contributed by atoms with Gasteiger partial charge in [0.25, 0.3) is 0 Å². The normalized spacial score (nSPS) is 19.5. The van der Waals surface area contributed by atoms with Gasteiger partial charge in [0.05, 0.1) is 10.3 Å². The molecule has 1 saturated heterocycles. The predicted octanol–water partition coefficient (Wildman–Crippen LogP) is 4.08. The van der Waals surface area contributed by atoms with E-state index in [1.807, 2.05) is 37.3 Å². The number of halogens is 1. The molecular formula is C16H16ClNO2S2. The maximum absolute atomic E-state index is 12.9. The Balaban J connectivity index is 1.97. The molecule has 0 radical (unpaired) electrons. The first-order valence-electron chi connectivity index (χ1n) is 6.94. The number of aryl methyl sites for hydroxylation is 1. The Hall–Kier alpha value is -1.01. The molecule has 0 N–H and O–H groups in total. The van der Waals surface area contributed by atoms with Crippen LogP contribution in [0, 0.1) is 6.92 Å². The van der Waals surface area contributed by atoms with Crippen molar-refractivity contribution < 1.29 is 8.42 Å². The van der Waals surface area contributed by atoms with E-state index in [1.165, 1.54) is 0 Å². The Labute approximate surface area is 140 Å². The van der Waals surface area contributed by atoms with E-state index in [0.29, 0.717) is 16.5 Å². The molecule has 0 saturated carbocycles. The van der Waals surface area contributed by atoms with Crippen LogP contribution in [0.15, 0.2) is 53.4 Å². The van der Waals surface area contributed by atoms with Crippen LogP contribution in [-0.4, -0.2) is 25.0 Å². The van der Waals surface area contributed by atoms with Crippen LogP contribution in [0.1, 0.15) is 16.5 Å². The molecule has 1 heterocycles. The maximum atomic E-state index is 12.9. The molecule has 1 atom stereocenters. The first-order chi connectivity index (χ1) is 10.5. The van der Waals surface area contributed by atoms with Gasteiger partial charge in [-0.1, -0.05) is 41.4 Å². The molecule has 22 heavy (non-hydrogen) atoms. The Bertz CT molecular complexity index is 775. The monoisotopic (exact) mass is 353 g/mol. The average molecular weight is 354 g/mol. The third-order valence-electron chi connectivity index (χ3n) is 3.61. The number of nitrogens with zero attached hydrogens (tertiary/aromatic N) is 1. The van der Waals surface area contributed by atoms with Crippen molar-refractivity contribution in [3.8, 4) is 0 Å². The van der Waals surface area contributed by atoms with Crippen molar-refractivity contribution in [1.82, 2.24) is 4.31 Å². The molecule has 3 nitrogen and oxygen atoms in total. The second kappa shape index (κ2) is 6.24. The fraction of sp³-hybridized carbons (Fsp3) is 0.250. The van der Waals surface area contributed by atoms with Gasteiger partial charge in [-0.15, -0.1) is 11.8 Å². The number of benzene rings is 2. The first kappa shape index (κ1) is 15.9. The molecule has 0 spiro atoms. The quantitative estimate of drug-likeness (QED) is 0.834. The summed E-state index contributed by atoms with van der Waals surface area (Å²) in [5.41, 5.74) is 1.96. The summed E-state index contributed by atoms with van der Waals surface area (Å²) in [6.07, 6.45) is 0. The van der Waals surface area contributed by atoms with Crippen LogP contribution in [0.4, 0.5) is 0 Å². The molecule has 1 fully saturated rings. The summed E-state index contributed by atoms with van der Waals surface area (Å²) in [7, 11) is -3.50. The van der Waals surface area contributed by atoms with Gasteiger partial charge in [-0.25, -0.2) is 8.42 Å². The highest BCUT2D eigenvalue weighted by molar-refractivity contribution is 8.01. The molecule has 3 rings (SSSR count). The van der Waals surface area contributed by atoms with Gasteiger partial charge in [-0.2, -0.15) is 4.31 Å². The zero-order valence-corrected chi connectivity index (χ0v) is 14.5. The third-order valence-corrected chi connectivity index (χ3v) is 7.12. The summed E-state index contributed by atoms with van der Waals surface area (Å²) in [5, 5.41) is 0.405. The van der Waals surface area contributed by atoms with Crippen LogP contribution in [0.5, 0.6) is 0 Å². The molecular weight excluding hydrogens is 338 g/mol. The van der Waals surface area contributed by atoms with Crippen LogP contribution in [0.25, 0.3) is 0 Å². The molecule has 0 aromatic heterocycles. The minimum Gasteiger partial charge on any atom is -0.207 e. The van der Waals surface area contributed by atoms with Crippen molar-refractivity contribution in [2.45, 2.75) is 17.2 Å². The van der Waals surface area contributed by atoms with Gasteiger partial charge in [0.1, 0.15) is 0 Å². The molecule has 0 aliphatic carbocycles. The molecule has 6 heteroatoms. The van der Waals surface area contributed by atoms with Gasteiger partial charge in [0.15, 0.2) is 0 Å². The van der Waals surface area contributed by atoms with E-state index < -0.39 is 10.0 Å². The highest BCUT2D eigenvalue weighted by Gasteiger charge is 2.36. The lowest BCUT2D eigenvalue weighted by atomic mass is 10.2. The van der Waals surface area contributed by atoms with Crippen LogP contribution in [-0.2, 0) is 10.0 Å². The topological polar surface area (TPSA) is 37.4 Å². The highest BCUT2D eigenvalue weighted by Crippen LogP contribution is 2.41. The number of thioether (sulfide) groups is 1. The number of rotatable bonds is 3. The van der Waals surface area contributed by atoms with Crippen molar-refractivity contribution in [2.24, 2.45) is 0 Å².